The predicted octanol–water partition coefficient (Wildman–Crippen LogP) is 2.50. The molecule has 0 spiro atoms. The lowest BCUT2D eigenvalue weighted by atomic mass is 9.69. The summed E-state index contributed by atoms with van der Waals surface area (Å²) in [5.41, 5.74) is 1.04. The van der Waals surface area contributed by atoms with E-state index in [0.717, 1.165) is 45.1 Å². The number of sulfonamides is 1. The van der Waals surface area contributed by atoms with Crippen molar-refractivity contribution in [3.8, 4) is 0 Å². The summed E-state index contributed by atoms with van der Waals surface area (Å²) in [5.74, 6) is 0. The molecular formula is C20H32N2O3S. The number of aliphatic hydroxyl groups is 1. The van der Waals surface area contributed by atoms with Crippen LogP contribution in [0, 0.1) is 5.41 Å². The predicted molar refractivity (Wildman–Crippen MR) is 104 cm³/mol. The van der Waals surface area contributed by atoms with Crippen molar-refractivity contribution in [3.63, 3.8) is 0 Å². The Kier molecular flexibility index (Phi) is 6.07. The van der Waals surface area contributed by atoms with Crippen LogP contribution in [0.15, 0.2) is 29.2 Å². The minimum Gasteiger partial charge on any atom is -0.396 e. The number of aliphatic hydroxyl groups excluding tert-OH is 1. The summed E-state index contributed by atoms with van der Waals surface area (Å²) in [4.78, 5) is 2.61. The van der Waals surface area contributed by atoms with E-state index in [2.05, 4.69) is 11.8 Å². The van der Waals surface area contributed by atoms with Crippen LogP contribution in [0.5, 0.6) is 0 Å². The zero-order valence-corrected chi connectivity index (χ0v) is 16.8. The highest BCUT2D eigenvalue weighted by molar-refractivity contribution is 7.89. The maximum Gasteiger partial charge on any atom is 0.243 e. The molecule has 3 rings (SSSR count). The molecule has 1 aromatic carbocycles. The van der Waals surface area contributed by atoms with E-state index in [4.69, 9.17) is 0 Å². The van der Waals surface area contributed by atoms with Crippen LogP contribution in [0.2, 0.25) is 0 Å². The Balaban J connectivity index is 1.78. The molecule has 0 amide bonds. The first kappa shape index (κ1) is 19.8. The molecule has 0 bridgehead atoms. The standard InChI is InChI=1S/C20H32N2O3S/c1-3-4-6-17-7-9-18(10-8-17)26(24,25)22-14-12-20(16-23)11-5-13-21(2)19(20)15-22/h7-10,19,23H,3-6,11-16H2,1-2H3/t19-,20-/m1/s1. The number of unbranched alkanes of at least 4 members (excludes halogenated alkanes) is 1. The Hall–Kier alpha value is -0.950. The Morgan fingerprint density at radius 2 is 1.92 bits per heavy atom. The second-order valence-corrected chi connectivity index (χ2v) is 9.92. The summed E-state index contributed by atoms with van der Waals surface area (Å²) in [6, 6.07) is 7.47. The Morgan fingerprint density at radius 3 is 2.58 bits per heavy atom. The fraction of sp³-hybridized carbons (Fsp3) is 0.700. The monoisotopic (exact) mass is 380 g/mol. The van der Waals surface area contributed by atoms with Crippen molar-refractivity contribution in [1.29, 1.82) is 0 Å². The number of likely N-dealkylation sites (N-methyl/N-ethyl adjacent to an activating group) is 1. The second-order valence-electron chi connectivity index (χ2n) is 7.98. The van der Waals surface area contributed by atoms with Crippen LogP contribution in [0.3, 0.4) is 0 Å². The molecule has 146 valence electrons. The van der Waals surface area contributed by atoms with E-state index >= 15 is 0 Å². The smallest absolute Gasteiger partial charge is 0.243 e. The van der Waals surface area contributed by atoms with Gasteiger partial charge in [0, 0.05) is 24.5 Å². The Bertz CT molecular complexity index is 704. The number of hydrogen-bond donors (Lipinski definition) is 1. The summed E-state index contributed by atoms with van der Waals surface area (Å²) in [6.07, 6.45) is 6.03. The largest absolute Gasteiger partial charge is 0.396 e. The van der Waals surface area contributed by atoms with Crippen molar-refractivity contribution in [2.45, 2.75) is 56.4 Å². The van der Waals surface area contributed by atoms with Gasteiger partial charge in [-0.2, -0.15) is 4.31 Å². The van der Waals surface area contributed by atoms with E-state index < -0.39 is 10.0 Å². The molecule has 2 heterocycles. The topological polar surface area (TPSA) is 60.9 Å². The summed E-state index contributed by atoms with van der Waals surface area (Å²) in [6.45, 7) is 4.22. The fourth-order valence-electron chi connectivity index (χ4n) is 4.57. The number of rotatable bonds is 6. The molecule has 0 radical (unpaired) electrons. The zero-order chi connectivity index (χ0) is 18.8. The first-order valence-corrected chi connectivity index (χ1v) is 11.3. The Labute approximate surface area is 158 Å². The molecule has 2 fully saturated rings. The van der Waals surface area contributed by atoms with Gasteiger partial charge in [0.05, 0.1) is 11.5 Å². The average molecular weight is 381 g/mol. The van der Waals surface area contributed by atoms with Crippen LogP contribution in [-0.4, -0.2) is 62.1 Å². The van der Waals surface area contributed by atoms with E-state index in [1.807, 2.05) is 19.2 Å². The van der Waals surface area contributed by atoms with Crippen LogP contribution in [-0.2, 0) is 16.4 Å². The third-order valence-corrected chi connectivity index (χ3v) is 8.23. The van der Waals surface area contributed by atoms with Gasteiger partial charge in [0.25, 0.3) is 0 Å². The van der Waals surface area contributed by atoms with Gasteiger partial charge in [-0.1, -0.05) is 25.5 Å². The fourth-order valence-corrected chi connectivity index (χ4v) is 6.01. The number of hydrogen-bond acceptors (Lipinski definition) is 4. The molecule has 0 unspecified atom stereocenters. The van der Waals surface area contributed by atoms with Gasteiger partial charge in [-0.05, 0) is 63.4 Å². The lowest BCUT2D eigenvalue weighted by molar-refractivity contribution is -0.0508. The Morgan fingerprint density at radius 1 is 1.19 bits per heavy atom. The van der Waals surface area contributed by atoms with Gasteiger partial charge in [0.15, 0.2) is 0 Å². The van der Waals surface area contributed by atoms with Crippen molar-refractivity contribution < 1.29 is 13.5 Å². The average Bonchev–Trinajstić information content (AvgIpc) is 2.66. The molecule has 0 saturated carbocycles. The summed E-state index contributed by atoms with van der Waals surface area (Å²) in [7, 11) is -1.43. The van der Waals surface area contributed by atoms with Crippen molar-refractivity contribution >= 4 is 10.0 Å². The van der Waals surface area contributed by atoms with Crippen molar-refractivity contribution in [2.24, 2.45) is 5.41 Å². The molecule has 26 heavy (non-hydrogen) atoms. The molecule has 0 aromatic heterocycles. The number of nitrogens with zero attached hydrogens (tertiary/aromatic N) is 2. The number of aryl methyl sites for hydroxylation is 1. The molecule has 2 atom stereocenters. The van der Waals surface area contributed by atoms with Gasteiger partial charge in [0.2, 0.25) is 10.0 Å². The number of fused-ring (bicyclic) bond motifs is 1. The van der Waals surface area contributed by atoms with Crippen LogP contribution >= 0.6 is 0 Å². The number of likely N-dealkylation sites (tertiary alicyclic amines) is 1. The minimum absolute atomic E-state index is 0.0913. The number of benzene rings is 1. The molecule has 1 aromatic rings. The van der Waals surface area contributed by atoms with Gasteiger partial charge < -0.3 is 10.0 Å². The highest BCUT2D eigenvalue weighted by atomic mass is 32.2. The molecule has 6 heteroatoms. The van der Waals surface area contributed by atoms with Crippen LogP contribution in [0.4, 0.5) is 0 Å². The van der Waals surface area contributed by atoms with Gasteiger partial charge in [0.1, 0.15) is 0 Å². The highest BCUT2D eigenvalue weighted by Gasteiger charge is 2.48. The van der Waals surface area contributed by atoms with Gasteiger partial charge >= 0.3 is 0 Å². The summed E-state index contributed by atoms with van der Waals surface area (Å²) >= 11 is 0. The quantitative estimate of drug-likeness (QED) is 0.824. The van der Waals surface area contributed by atoms with E-state index in [0.29, 0.717) is 18.0 Å². The van der Waals surface area contributed by atoms with Gasteiger partial charge in [-0.25, -0.2) is 8.42 Å². The SMILES string of the molecule is CCCCc1ccc(S(=O)(=O)N2CC[C@@]3(CO)CCCN(C)[C@@H]3C2)cc1. The maximum atomic E-state index is 13.1. The van der Waals surface area contributed by atoms with Crippen LogP contribution < -0.4 is 0 Å². The lowest BCUT2D eigenvalue weighted by Gasteiger charge is -2.53. The first-order valence-electron chi connectivity index (χ1n) is 9.83. The third-order valence-electron chi connectivity index (χ3n) is 6.36. The molecule has 5 nitrogen and oxygen atoms in total. The van der Waals surface area contributed by atoms with Crippen molar-refractivity contribution in [3.05, 3.63) is 29.8 Å². The summed E-state index contributed by atoms with van der Waals surface area (Å²) in [5, 5.41) is 10.0. The third kappa shape index (κ3) is 3.70. The first-order chi connectivity index (χ1) is 12.4. The molecular weight excluding hydrogens is 348 g/mol. The molecule has 1 N–H and O–H groups in total. The molecule has 2 aliphatic rings. The van der Waals surface area contributed by atoms with Crippen LogP contribution in [0.1, 0.15) is 44.6 Å². The van der Waals surface area contributed by atoms with E-state index in [1.54, 1.807) is 16.4 Å². The number of piperidine rings is 2. The van der Waals surface area contributed by atoms with Crippen molar-refractivity contribution in [2.75, 3.05) is 33.3 Å². The van der Waals surface area contributed by atoms with Gasteiger partial charge in [-0.3, -0.25) is 0 Å². The molecule has 2 saturated heterocycles. The molecule has 0 aliphatic carbocycles. The maximum absolute atomic E-state index is 13.1. The molecule has 2 aliphatic heterocycles. The lowest BCUT2D eigenvalue weighted by Crippen LogP contribution is -2.62. The van der Waals surface area contributed by atoms with E-state index in [1.165, 1.54) is 5.56 Å². The normalized spacial score (nSPS) is 28.0. The van der Waals surface area contributed by atoms with Gasteiger partial charge in [-0.15, -0.1) is 0 Å². The van der Waals surface area contributed by atoms with Crippen LogP contribution in [0.25, 0.3) is 0 Å². The van der Waals surface area contributed by atoms with Crippen molar-refractivity contribution in [1.82, 2.24) is 9.21 Å². The van der Waals surface area contributed by atoms with E-state index in [-0.39, 0.29) is 18.1 Å². The van der Waals surface area contributed by atoms with E-state index in [9.17, 15) is 13.5 Å². The zero-order valence-electron chi connectivity index (χ0n) is 16.0. The minimum atomic E-state index is -3.48. The second kappa shape index (κ2) is 7.97. The summed E-state index contributed by atoms with van der Waals surface area (Å²) < 4.78 is 27.9. The highest BCUT2D eigenvalue weighted by Crippen LogP contribution is 2.42.